The zero-order chi connectivity index (χ0) is 7.49. The van der Waals surface area contributed by atoms with E-state index in [2.05, 4.69) is 12.6 Å². The Morgan fingerprint density at radius 3 is 2.22 bits per heavy atom. The highest BCUT2D eigenvalue weighted by molar-refractivity contribution is 7.81. The van der Waals surface area contributed by atoms with Gasteiger partial charge in [-0.05, 0) is 11.8 Å². The number of hydrogen-bond acceptors (Lipinski definition) is 3. The maximum Gasteiger partial charge on any atom is 0.354 e. The summed E-state index contributed by atoms with van der Waals surface area (Å²) in [7, 11) is 0. The van der Waals surface area contributed by atoms with Crippen LogP contribution in [-0.2, 0) is 4.79 Å². The highest BCUT2D eigenvalue weighted by Crippen LogP contribution is 2.14. The summed E-state index contributed by atoms with van der Waals surface area (Å²) in [4.78, 5) is 9.39. The predicted molar refractivity (Wildman–Crippen MR) is 26.7 cm³/mol. The molecule has 0 fully saturated rings. The van der Waals surface area contributed by atoms with Gasteiger partial charge in [-0.25, -0.2) is 0 Å². The number of alkyl halides is 2. The van der Waals surface area contributed by atoms with Crippen molar-refractivity contribution < 1.29 is 18.7 Å². The van der Waals surface area contributed by atoms with Crippen molar-refractivity contribution in [2.45, 2.75) is 5.25 Å². The Hall–Kier alpha value is -0.760. The number of aliphatic carboxylic acids is 1. The predicted octanol–water partition coefficient (Wildman–Crippen LogP) is -0.738. The van der Waals surface area contributed by atoms with Gasteiger partial charge in [-0.1, -0.05) is 12.6 Å². The summed E-state index contributed by atoms with van der Waals surface area (Å²) in [6, 6.07) is 0. The molecule has 50 valence electrons. The highest BCUT2D eigenvalue weighted by atomic mass is 32.1. The number of thiol groups is 1. The van der Waals surface area contributed by atoms with Crippen molar-refractivity contribution in [1.82, 2.24) is 0 Å². The van der Waals surface area contributed by atoms with Crippen LogP contribution >= 0.6 is 12.6 Å². The van der Waals surface area contributed by atoms with Crippen LogP contribution in [0, 0.1) is 11.8 Å². The minimum atomic E-state index is -3.56. The maximum atomic E-state index is 11.5. The Morgan fingerprint density at radius 2 is 2.11 bits per heavy atom. The summed E-state index contributed by atoms with van der Waals surface area (Å²) < 4.78 is 23.0. The monoisotopic (exact) mass is 151 g/mol. The number of halogens is 2. The van der Waals surface area contributed by atoms with Crippen molar-refractivity contribution in [3.05, 3.63) is 0 Å². The molecular weight excluding hydrogens is 150 g/mol. The molecule has 0 radical (unpaired) electrons. The van der Waals surface area contributed by atoms with Crippen molar-refractivity contribution in [2.75, 3.05) is 0 Å². The third-order valence-electron chi connectivity index (χ3n) is 0.315. The molecule has 0 rings (SSSR count). The lowest BCUT2D eigenvalue weighted by Crippen LogP contribution is -2.20. The quantitative estimate of drug-likeness (QED) is 0.366. The molecule has 0 aliphatic carbocycles. The van der Waals surface area contributed by atoms with Crippen molar-refractivity contribution >= 4 is 18.6 Å². The first-order valence-corrected chi connectivity index (χ1v) is 2.21. The molecule has 0 heterocycles. The highest BCUT2D eigenvalue weighted by Gasteiger charge is 2.16. The normalized spacial score (nSPS) is 9.67. The van der Waals surface area contributed by atoms with E-state index in [0.29, 0.717) is 0 Å². The molecule has 0 amide bonds. The Bertz CT molecular complexity index is 173. The van der Waals surface area contributed by atoms with E-state index in [9.17, 15) is 18.7 Å². The Labute approximate surface area is 55.3 Å². The van der Waals surface area contributed by atoms with Crippen LogP contribution in [0.1, 0.15) is 0 Å². The van der Waals surface area contributed by atoms with Crippen molar-refractivity contribution in [2.24, 2.45) is 0 Å². The number of carbonyl (C=O) groups excluding carboxylic acids is 1. The van der Waals surface area contributed by atoms with Gasteiger partial charge in [0.05, 0.1) is 0 Å². The molecule has 0 spiro atoms. The second kappa shape index (κ2) is 2.69. The van der Waals surface area contributed by atoms with Gasteiger partial charge in [0.2, 0.25) is 0 Å². The average Bonchev–Trinajstić information content (AvgIpc) is 1.59. The van der Waals surface area contributed by atoms with Gasteiger partial charge in [-0.15, -0.1) is 0 Å². The molecule has 9 heavy (non-hydrogen) atoms. The molecule has 0 unspecified atom stereocenters. The zero-order valence-corrected chi connectivity index (χ0v) is 4.91. The van der Waals surface area contributed by atoms with Crippen LogP contribution in [0.15, 0.2) is 0 Å². The van der Waals surface area contributed by atoms with Crippen molar-refractivity contribution in [3.63, 3.8) is 0 Å². The fourth-order valence-corrected chi connectivity index (χ4v) is 0.182. The van der Waals surface area contributed by atoms with Crippen LogP contribution in [0.4, 0.5) is 8.78 Å². The van der Waals surface area contributed by atoms with Crippen LogP contribution < -0.4 is 5.11 Å². The molecule has 5 heteroatoms. The van der Waals surface area contributed by atoms with Crippen LogP contribution in [0.2, 0.25) is 0 Å². The largest absolute Gasteiger partial charge is 0.537 e. The molecule has 0 aromatic carbocycles. The molecule has 0 bridgehead atoms. The second-order valence-electron chi connectivity index (χ2n) is 1.08. The van der Waals surface area contributed by atoms with E-state index in [4.69, 9.17) is 0 Å². The van der Waals surface area contributed by atoms with Gasteiger partial charge in [0.1, 0.15) is 5.97 Å². The average molecular weight is 151 g/mol. The molecule has 0 aromatic heterocycles. The van der Waals surface area contributed by atoms with E-state index in [1.165, 1.54) is 0 Å². The lowest BCUT2D eigenvalue weighted by atomic mass is 10.6. The van der Waals surface area contributed by atoms with Gasteiger partial charge >= 0.3 is 5.25 Å². The third-order valence-corrected chi connectivity index (χ3v) is 0.427. The van der Waals surface area contributed by atoms with Gasteiger partial charge < -0.3 is 9.90 Å². The van der Waals surface area contributed by atoms with Crippen LogP contribution in [-0.4, -0.2) is 11.2 Å². The lowest BCUT2D eigenvalue weighted by Gasteiger charge is -1.95. The summed E-state index contributed by atoms with van der Waals surface area (Å²) in [6.07, 6.45) is 0. The van der Waals surface area contributed by atoms with Crippen LogP contribution in [0.5, 0.6) is 0 Å². The van der Waals surface area contributed by atoms with E-state index in [1.54, 1.807) is 0 Å². The fraction of sp³-hybridized carbons (Fsp3) is 0.250. The van der Waals surface area contributed by atoms with Gasteiger partial charge in [0.15, 0.2) is 0 Å². The van der Waals surface area contributed by atoms with Crippen molar-refractivity contribution in [1.29, 1.82) is 0 Å². The van der Waals surface area contributed by atoms with Gasteiger partial charge in [-0.2, -0.15) is 8.78 Å². The summed E-state index contributed by atoms with van der Waals surface area (Å²) in [5.41, 5.74) is 0. The summed E-state index contributed by atoms with van der Waals surface area (Å²) in [5.74, 6) is 0.311. The Balaban J connectivity index is 4.04. The number of carboxylic acid groups (broad SMARTS) is 1. The van der Waals surface area contributed by atoms with E-state index in [0.717, 1.165) is 11.8 Å². The topological polar surface area (TPSA) is 40.1 Å². The molecular formula is C4HF2O2S-. The zero-order valence-electron chi connectivity index (χ0n) is 4.02. The van der Waals surface area contributed by atoms with Crippen LogP contribution in [0.25, 0.3) is 0 Å². The maximum absolute atomic E-state index is 11.5. The molecule has 0 saturated carbocycles. The molecule has 0 aliphatic rings. The van der Waals surface area contributed by atoms with E-state index < -0.39 is 11.2 Å². The number of carbonyl (C=O) groups is 1. The van der Waals surface area contributed by atoms with Gasteiger partial charge in [-0.3, -0.25) is 0 Å². The summed E-state index contributed by atoms with van der Waals surface area (Å²) >= 11 is 2.63. The molecule has 0 aliphatic heterocycles. The standard InChI is InChI=1S/C4H2F2O2S/c5-4(6,9)2-1-3(7)8/h9H,(H,7,8)/p-1. The van der Waals surface area contributed by atoms with E-state index in [1.807, 2.05) is 0 Å². The van der Waals surface area contributed by atoms with E-state index in [-0.39, 0.29) is 0 Å². The Kier molecular flexibility index (Phi) is 2.46. The number of carboxylic acids is 1. The first kappa shape index (κ1) is 8.24. The first-order chi connectivity index (χ1) is 3.92. The summed E-state index contributed by atoms with van der Waals surface area (Å²) in [6.45, 7) is 0. The minimum Gasteiger partial charge on any atom is -0.537 e. The molecule has 0 aromatic rings. The third kappa shape index (κ3) is 7.24. The lowest BCUT2D eigenvalue weighted by molar-refractivity contribution is -0.295. The molecule has 0 saturated heterocycles. The van der Waals surface area contributed by atoms with Crippen LogP contribution in [0.3, 0.4) is 0 Å². The van der Waals surface area contributed by atoms with E-state index >= 15 is 0 Å². The smallest absolute Gasteiger partial charge is 0.354 e. The fourth-order valence-electron chi connectivity index (χ4n) is 0.126. The molecule has 0 N–H and O–H groups in total. The van der Waals surface area contributed by atoms with Gasteiger partial charge in [0.25, 0.3) is 0 Å². The minimum absolute atomic E-state index is 1.04. The second-order valence-corrected chi connectivity index (χ2v) is 1.64. The SMILES string of the molecule is O=C([O-])C#CC(F)(F)S. The summed E-state index contributed by atoms with van der Waals surface area (Å²) in [5, 5.41) is 5.84. The Morgan fingerprint density at radius 1 is 1.67 bits per heavy atom. The first-order valence-electron chi connectivity index (χ1n) is 1.76. The van der Waals surface area contributed by atoms with Gasteiger partial charge in [0, 0.05) is 0 Å². The molecule has 2 nitrogen and oxygen atoms in total. The number of hydrogen-bond donors (Lipinski definition) is 1. The van der Waals surface area contributed by atoms with Crippen molar-refractivity contribution in [3.8, 4) is 11.8 Å². The molecule has 0 atom stereocenters. The number of rotatable bonds is 0.